The molecule has 1 aliphatic rings. The van der Waals surface area contributed by atoms with Gasteiger partial charge < -0.3 is 4.74 Å². The Kier molecular flexibility index (Phi) is 3.82. The number of benzene rings is 1. The van der Waals surface area contributed by atoms with Crippen molar-refractivity contribution in [2.24, 2.45) is 0 Å². The Bertz CT molecular complexity index is 409. The van der Waals surface area contributed by atoms with Crippen LogP contribution in [0.4, 0.5) is 0 Å². The van der Waals surface area contributed by atoms with Crippen LogP contribution in [0.15, 0.2) is 18.2 Å². The Balaban J connectivity index is 2.13. The van der Waals surface area contributed by atoms with E-state index in [-0.39, 0.29) is 11.9 Å². The highest BCUT2D eigenvalue weighted by Crippen LogP contribution is 2.27. The van der Waals surface area contributed by atoms with Crippen molar-refractivity contribution in [3.8, 4) is 0 Å². The minimum atomic E-state index is -0.129. The van der Waals surface area contributed by atoms with Crippen LogP contribution in [0, 0.1) is 0 Å². The van der Waals surface area contributed by atoms with Gasteiger partial charge in [-0.2, -0.15) is 0 Å². The summed E-state index contributed by atoms with van der Waals surface area (Å²) in [5.74, 6) is 0.116. The molecule has 92 valence electrons. The van der Waals surface area contributed by atoms with E-state index in [0.717, 1.165) is 0 Å². The van der Waals surface area contributed by atoms with E-state index >= 15 is 0 Å². The average Bonchev–Trinajstić information content (AvgIpc) is 2.38. The van der Waals surface area contributed by atoms with E-state index in [1.807, 2.05) is 0 Å². The van der Waals surface area contributed by atoms with Gasteiger partial charge in [-0.1, -0.05) is 25.1 Å². The summed E-state index contributed by atoms with van der Waals surface area (Å²) >= 11 is 0. The van der Waals surface area contributed by atoms with Crippen LogP contribution in [-0.2, 0) is 22.4 Å². The van der Waals surface area contributed by atoms with Crippen LogP contribution in [0.1, 0.15) is 48.8 Å². The fourth-order valence-corrected chi connectivity index (χ4v) is 2.51. The van der Waals surface area contributed by atoms with E-state index in [2.05, 4.69) is 25.1 Å². The van der Waals surface area contributed by atoms with Crippen LogP contribution < -0.4 is 0 Å². The summed E-state index contributed by atoms with van der Waals surface area (Å²) in [7, 11) is 1.45. The number of hydrogen-bond acceptors (Lipinski definition) is 2. The van der Waals surface area contributed by atoms with Gasteiger partial charge in [-0.05, 0) is 48.3 Å². The molecular weight excluding hydrogens is 212 g/mol. The number of carbonyl (C=O) groups is 1. The summed E-state index contributed by atoms with van der Waals surface area (Å²) in [6.45, 7) is 2.08. The average molecular weight is 232 g/mol. The standard InChI is InChI=1S/C15H20O2/c1-11(9-15(16)17-2)13-8-7-12-5-3-4-6-14(12)10-13/h7-8,10-11H,3-6,9H2,1-2H3. The zero-order valence-electron chi connectivity index (χ0n) is 10.7. The maximum absolute atomic E-state index is 11.3. The van der Waals surface area contributed by atoms with Crippen molar-refractivity contribution in [1.82, 2.24) is 0 Å². The molecule has 0 aromatic heterocycles. The Morgan fingerprint density at radius 3 is 2.71 bits per heavy atom. The van der Waals surface area contributed by atoms with Crippen molar-refractivity contribution in [3.05, 3.63) is 34.9 Å². The minimum absolute atomic E-state index is 0.129. The molecule has 0 bridgehead atoms. The molecule has 0 radical (unpaired) electrons. The lowest BCUT2D eigenvalue weighted by Crippen LogP contribution is -2.08. The second-order valence-electron chi connectivity index (χ2n) is 4.92. The lowest BCUT2D eigenvalue weighted by molar-refractivity contribution is -0.140. The predicted molar refractivity (Wildman–Crippen MR) is 68.1 cm³/mol. The Morgan fingerprint density at radius 2 is 2.00 bits per heavy atom. The normalized spacial score (nSPS) is 16.1. The van der Waals surface area contributed by atoms with Gasteiger partial charge >= 0.3 is 5.97 Å². The smallest absolute Gasteiger partial charge is 0.306 e. The monoisotopic (exact) mass is 232 g/mol. The van der Waals surface area contributed by atoms with E-state index < -0.39 is 0 Å². The number of esters is 1. The summed E-state index contributed by atoms with van der Waals surface area (Å²) in [4.78, 5) is 11.3. The maximum atomic E-state index is 11.3. The highest BCUT2D eigenvalue weighted by molar-refractivity contribution is 5.70. The third-order valence-corrected chi connectivity index (χ3v) is 3.64. The van der Waals surface area contributed by atoms with Gasteiger partial charge in [0, 0.05) is 0 Å². The van der Waals surface area contributed by atoms with Crippen LogP contribution in [0.3, 0.4) is 0 Å². The van der Waals surface area contributed by atoms with Crippen molar-refractivity contribution in [1.29, 1.82) is 0 Å². The maximum Gasteiger partial charge on any atom is 0.306 e. The molecule has 1 aliphatic carbocycles. The van der Waals surface area contributed by atoms with Crippen molar-refractivity contribution >= 4 is 5.97 Å². The Labute approximate surface area is 103 Å². The third kappa shape index (κ3) is 2.87. The highest BCUT2D eigenvalue weighted by atomic mass is 16.5. The van der Waals surface area contributed by atoms with Crippen LogP contribution >= 0.6 is 0 Å². The molecular formula is C15H20O2. The first-order valence-corrected chi connectivity index (χ1v) is 6.39. The molecule has 0 N–H and O–H groups in total. The van der Waals surface area contributed by atoms with Crippen molar-refractivity contribution in [2.45, 2.75) is 44.9 Å². The second-order valence-corrected chi connectivity index (χ2v) is 4.92. The molecule has 0 aliphatic heterocycles. The molecule has 0 spiro atoms. The molecule has 0 heterocycles. The number of aryl methyl sites for hydroxylation is 2. The van der Waals surface area contributed by atoms with E-state index in [0.29, 0.717) is 6.42 Å². The van der Waals surface area contributed by atoms with Gasteiger partial charge in [-0.25, -0.2) is 0 Å². The molecule has 17 heavy (non-hydrogen) atoms. The second kappa shape index (κ2) is 5.35. The van der Waals surface area contributed by atoms with Crippen molar-refractivity contribution in [3.63, 3.8) is 0 Å². The summed E-state index contributed by atoms with van der Waals surface area (Å²) < 4.78 is 4.72. The third-order valence-electron chi connectivity index (χ3n) is 3.64. The van der Waals surface area contributed by atoms with Gasteiger partial charge in [0.2, 0.25) is 0 Å². The number of fused-ring (bicyclic) bond motifs is 1. The number of rotatable bonds is 3. The quantitative estimate of drug-likeness (QED) is 0.748. The van der Waals surface area contributed by atoms with Crippen molar-refractivity contribution < 1.29 is 9.53 Å². The molecule has 1 unspecified atom stereocenters. The number of ether oxygens (including phenoxy) is 1. The Morgan fingerprint density at radius 1 is 1.29 bits per heavy atom. The van der Waals surface area contributed by atoms with E-state index in [1.165, 1.54) is 49.5 Å². The van der Waals surface area contributed by atoms with E-state index in [4.69, 9.17) is 4.74 Å². The first-order valence-electron chi connectivity index (χ1n) is 6.39. The topological polar surface area (TPSA) is 26.3 Å². The van der Waals surface area contributed by atoms with Gasteiger partial charge in [-0.15, -0.1) is 0 Å². The van der Waals surface area contributed by atoms with E-state index in [1.54, 1.807) is 0 Å². The summed E-state index contributed by atoms with van der Waals surface area (Å²) in [5, 5.41) is 0. The van der Waals surface area contributed by atoms with Gasteiger partial charge in [0.15, 0.2) is 0 Å². The molecule has 2 nitrogen and oxygen atoms in total. The lowest BCUT2D eigenvalue weighted by Gasteiger charge is -2.18. The van der Waals surface area contributed by atoms with Crippen LogP contribution in [0.25, 0.3) is 0 Å². The molecule has 0 fully saturated rings. The Hall–Kier alpha value is -1.31. The molecule has 2 heteroatoms. The molecule has 1 aromatic carbocycles. The molecule has 2 rings (SSSR count). The van der Waals surface area contributed by atoms with Gasteiger partial charge in [0.1, 0.15) is 0 Å². The number of hydrogen-bond donors (Lipinski definition) is 0. The molecule has 0 amide bonds. The zero-order valence-corrected chi connectivity index (χ0v) is 10.7. The lowest BCUT2D eigenvalue weighted by atomic mass is 9.87. The molecule has 1 atom stereocenters. The molecule has 0 saturated carbocycles. The van der Waals surface area contributed by atoms with Gasteiger partial charge in [-0.3, -0.25) is 4.79 Å². The first kappa shape index (κ1) is 12.2. The van der Waals surface area contributed by atoms with Crippen molar-refractivity contribution in [2.75, 3.05) is 7.11 Å². The van der Waals surface area contributed by atoms with Crippen LogP contribution in [-0.4, -0.2) is 13.1 Å². The van der Waals surface area contributed by atoms with Gasteiger partial charge in [0.25, 0.3) is 0 Å². The van der Waals surface area contributed by atoms with Crippen LogP contribution in [0.5, 0.6) is 0 Å². The van der Waals surface area contributed by atoms with Crippen LogP contribution in [0.2, 0.25) is 0 Å². The fraction of sp³-hybridized carbons (Fsp3) is 0.533. The summed E-state index contributed by atoms with van der Waals surface area (Å²) in [5.41, 5.74) is 4.23. The van der Waals surface area contributed by atoms with Gasteiger partial charge in [0.05, 0.1) is 13.5 Å². The number of carbonyl (C=O) groups excluding carboxylic acids is 1. The summed E-state index contributed by atoms with van der Waals surface area (Å²) in [6, 6.07) is 6.68. The van der Waals surface area contributed by atoms with E-state index in [9.17, 15) is 4.79 Å². The minimum Gasteiger partial charge on any atom is -0.469 e. The zero-order chi connectivity index (χ0) is 12.3. The molecule has 0 saturated heterocycles. The largest absolute Gasteiger partial charge is 0.469 e. The predicted octanol–water partition coefficient (Wildman–Crippen LogP) is 3.23. The molecule has 1 aromatic rings. The summed E-state index contributed by atoms with van der Waals surface area (Å²) in [6.07, 6.45) is 5.47. The first-order chi connectivity index (χ1) is 8.20. The number of methoxy groups -OCH3 is 1. The fourth-order valence-electron chi connectivity index (χ4n) is 2.51. The SMILES string of the molecule is COC(=O)CC(C)c1ccc2c(c1)CCCC2. The highest BCUT2D eigenvalue weighted by Gasteiger charge is 2.14.